The van der Waals surface area contributed by atoms with Gasteiger partial charge < -0.3 is 4.74 Å². The Morgan fingerprint density at radius 2 is 2.36 bits per heavy atom. The highest BCUT2D eigenvalue weighted by Gasteiger charge is 2.46. The van der Waals surface area contributed by atoms with E-state index < -0.39 is 0 Å². The van der Waals surface area contributed by atoms with Gasteiger partial charge in [0.15, 0.2) is 0 Å². The van der Waals surface area contributed by atoms with Gasteiger partial charge in [0.25, 0.3) is 0 Å². The lowest BCUT2D eigenvalue weighted by Gasteiger charge is -2.14. The molecule has 2 rings (SSSR count). The Bertz CT molecular complexity index is 334. The average Bonchev–Trinajstić information content (AvgIpc) is 2.84. The fraction of sp³-hybridized carbons (Fsp3) is 0.545. The van der Waals surface area contributed by atoms with Crippen LogP contribution in [0.3, 0.4) is 0 Å². The van der Waals surface area contributed by atoms with Gasteiger partial charge in [-0.1, -0.05) is 25.4 Å². The molecule has 0 spiro atoms. The van der Waals surface area contributed by atoms with E-state index in [-0.39, 0.29) is 5.60 Å². The maximum Gasteiger partial charge on any atom is 0.129 e. The van der Waals surface area contributed by atoms with Crippen LogP contribution in [0.15, 0.2) is 18.3 Å². The lowest BCUT2D eigenvalue weighted by molar-refractivity contribution is 0.267. The standard InChI is InChI=1S/C11H14ClNO/c1-8(2)6-11(7-14-11)9-3-4-13-10(12)5-9/h3-5,8H,6-7H2,1-2H3. The van der Waals surface area contributed by atoms with Crippen LogP contribution in [0.25, 0.3) is 0 Å². The summed E-state index contributed by atoms with van der Waals surface area (Å²) in [4.78, 5) is 3.97. The summed E-state index contributed by atoms with van der Waals surface area (Å²) in [6.07, 6.45) is 2.79. The van der Waals surface area contributed by atoms with E-state index in [2.05, 4.69) is 18.8 Å². The summed E-state index contributed by atoms with van der Waals surface area (Å²) >= 11 is 5.85. The van der Waals surface area contributed by atoms with Gasteiger partial charge >= 0.3 is 0 Å². The van der Waals surface area contributed by atoms with Crippen LogP contribution in [-0.2, 0) is 10.3 Å². The predicted molar refractivity (Wildman–Crippen MR) is 56.3 cm³/mol. The Hall–Kier alpha value is -0.600. The maximum absolute atomic E-state index is 5.85. The highest BCUT2D eigenvalue weighted by atomic mass is 35.5. The van der Waals surface area contributed by atoms with E-state index >= 15 is 0 Å². The van der Waals surface area contributed by atoms with Crippen LogP contribution in [-0.4, -0.2) is 11.6 Å². The minimum atomic E-state index is -0.0687. The molecule has 0 radical (unpaired) electrons. The molecule has 76 valence electrons. The molecule has 1 aliphatic rings. The molecule has 1 aliphatic heterocycles. The molecule has 1 aromatic rings. The van der Waals surface area contributed by atoms with Gasteiger partial charge in [0, 0.05) is 6.20 Å². The first-order chi connectivity index (χ1) is 6.62. The fourth-order valence-electron chi connectivity index (χ4n) is 1.83. The van der Waals surface area contributed by atoms with E-state index in [1.54, 1.807) is 6.20 Å². The minimum absolute atomic E-state index is 0.0687. The second-order valence-corrected chi connectivity index (χ2v) is 4.64. The van der Waals surface area contributed by atoms with E-state index in [4.69, 9.17) is 16.3 Å². The Morgan fingerprint density at radius 1 is 1.64 bits per heavy atom. The third kappa shape index (κ3) is 1.91. The molecular formula is C11H14ClNO. The van der Waals surface area contributed by atoms with Crippen LogP contribution in [0.5, 0.6) is 0 Å². The van der Waals surface area contributed by atoms with E-state index in [0.29, 0.717) is 11.1 Å². The van der Waals surface area contributed by atoms with E-state index in [1.807, 2.05) is 12.1 Å². The number of halogens is 1. The van der Waals surface area contributed by atoms with Crippen molar-refractivity contribution in [2.45, 2.75) is 25.9 Å². The first kappa shape index (κ1) is 9.94. The van der Waals surface area contributed by atoms with Crippen molar-refractivity contribution in [1.29, 1.82) is 0 Å². The number of aromatic nitrogens is 1. The average molecular weight is 212 g/mol. The van der Waals surface area contributed by atoms with Gasteiger partial charge in [-0.15, -0.1) is 0 Å². The van der Waals surface area contributed by atoms with E-state index in [0.717, 1.165) is 18.6 Å². The smallest absolute Gasteiger partial charge is 0.129 e. The largest absolute Gasteiger partial charge is 0.364 e. The number of nitrogens with zero attached hydrogens (tertiary/aromatic N) is 1. The van der Waals surface area contributed by atoms with Gasteiger partial charge in [0.2, 0.25) is 0 Å². The van der Waals surface area contributed by atoms with Gasteiger partial charge in [-0.3, -0.25) is 0 Å². The number of hydrogen-bond acceptors (Lipinski definition) is 2. The van der Waals surface area contributed by atoms with E-state index in [9.17, 15) is 0 Å². The Kier molecular flexibility index (Phi) is 2.50. The van der Waals surface area contributed by atoms with Crippen molar-refractivity contribution < 1.29 is 4.74 Å². The molecule has 1 fully saturated rings. The zero-order valence-corrected chi connectivity index (χ0v) is 9.21. The molecular weight excluding hydrogens is 198 g/mol. The Balaban J connectivity index is 2.22. The van der Waals surface area contributed by atoms with Crippen LogP contribution in [0, 0.1) is 5.92 Å². The quantitative estimate of drug-likeness (QED) is 0.567. The molecule has 1 unspecified atom stereocenters. The van der Waals surface area contributed by atoms with Crippen LogP contribution in [0.1, 0.15) is 25.8 Å². The monoisotopic (exact) mass is 211 g/mol. The molecule has 1 atom stereocenters. The highest BCUT2D eigenvalue weighted by Crippen LogP contribution is 2.44. The molecule has 0 saturated carbocycles. The molecule has 0 aliphatic carbocycles. The number of ether oxygens (including phenoxy) is 1. The summed E-state index contributed by atoms with van der Waals surface area (Å²) in [5.41, 5.74) is 1.09. The van der Waals surface area contributed by atoms with Crippen LogP contribution < -0.4 is 0 Å². The first-order valence-corrected chi connectivity index (χ1v) is 5.26. The molecule has 1 aromatic heterocycles. The lowest BCUT2D eigenvalue weighted by Crippen LogP contribution is -2.12. The van der Waals surface area contributed by atoms with Gasteiger partial charge in [0.1, 0.15) is 10.8 Å². The zero-order chi connectivity index (χ0) is 10.2. The molecule has 1 saturated heterocycles. The topological polar surface area (TPSA) is 25.4 Å². The van der Waals surface area contributed by atoms with Crippen LogP contribution >= 0.6 is 11.6 Å². The summed E-state index contributed by atoms with van der Waals surface area (Å²) in [6, 6.07) is 3.89. The molecule has 0 amide bonds. The third-order valence-electron chi connectivity index (χ3n) is 2.48. The SMILES string of the molecule is CC(C)CC1(c2ccnc(Cl)c2)CO1. The van der Waals surface area contributed by atoms with Crippen molar-refractivity contribution in [3.05, 3.63) is 29.0 Å². The van der Waals surface area contributed by atoms with Crippen molar-refractivity contribution in [3.63, 3.8) is 0 Å². The second kappa shape index (κ2) is 3.52. The van der Waals surface area contributed by atoms with E-state index in [1.165, 1.54) is 0 Å². The maximum atomic E-state index is 5.85. The minimum Gasteiger partial charge on any atom is -0.364 e. The third-order valence-corrected chi connectivity index (χ3v) is 2.69. The second-order valence-electron chi connectivity index (χ2n) is 4.25. The van der Waals surface area contributed by atoms with Gasteiger partial charge in [-0.25, -0.2) is 4.98 Å². The van der Waals surface area contributed by atoms with Crippen molar-refractivity contribution in [3.8, 4) is 0 Å². The lowest BCUT2D eigenvalue weighted by atomic mass is 9.91. The predicted octanol–water partition coefficient (Wildman–Crippen LogP) is 3.01. The zero-order valence-electron chi connectivity index (χ0n) is 8.46. The number of epoxide rings is 1. The fourth-order valence-corrected chi connectivity index (χ4v) is 2.01. The number of hydrogen-bond donors (Lipinski definition) is 0. The Labute approximate surface area is 89.3 Å². The van der Waals surface area contributed by atoms with Gasteiger partial charge in [0.05, 0.1) is 6.61 Å². The highest BCUT2D eigenvalue weighted by molar-refractivity contribution is 6.29. The molecule has 0 N–H and O–H groups in total. The summed E-state index contributed by atoms with van der Waals surface area (Å²) in [7, 11) is 0. The summed E-state index contributed by atoms with van der Waals surface area (Å²) < 4.78 is 5.56. The van der Waals surface area contributed by atoms with Gasteiger partial charge in [-0.05, 0) is 30.0 Å². The first-order valence-electron chi connectivity index (χ1n) is 4.88. The van der Waals surface area contributed by atoms with Crippen molar-refractivity contribution in [1.82, 2.24) is 4.98 Å². The number of pyridine rings is 1. The molecule has 2 nitrogen and oxygen atoms in total. The van der Waals surface area contributed by atoms with Gasteiger partial charge in [-0.2, -0.15) is 0 Å². The normalized spacial score (nSPS) is 25.4. The summed E-state index contributed by atoms with van der Waals surface area (Å²) in [5.74, 6) is 0.629. The van der Waals surface area contributed by atoms with Crippen molar-refractivity contribution >= 4 is 11.6 Å². The molecule has 3 heteroatoms. The van der Waals surface area contributed by atoms with Crippen molar-refractivity contribution in [2.75, 3.05) is 6.61 Å². The molecule has 2 heterocycles. The van der Waals surface area contributed by atoms with Crippen LogP contribution in [0.2, 0.25) is 5.15 Å². The molecule has 14 heavy (non-hydrogen) atoms. The van der Waals surface area contributed by atoms with Crippen LogP contribution in [0.4, 0.5) is 0 Å². The van der Waals surface area contributed by atoms with Crippen molar-refractivity contribution in [2.24, 2.45) is 5.92 Å². The molecule has 0 bridgehead atoms. The summed E-state index contributed by atoms with van der Waals surface area (Å²) in [6.45, 7) is 5.21. The summed E-state index contributed by atoms with van der Waals surface area (Å²) in [5, 5.41) is 0.543. The molecule has 0 aromatic carbocycles. The number of rotatable bonds is 3. The Morgan fingerprint density at radius 3 is 2.86 bits per heavy atom.